The maximum Gasteiger partial charge on any atom is 0.315 e. The highest BCUT2D eigenvalue weighted by atomic mass is 16.4. The Morgan fingerprint density at radius 2 is 1.67 bits per heavy atom. The van der Waals surface area contributed by atoms with E-state index < -0.39 is 11.4 Å². The van der Waals surface area contributed by atoms with E-state index in [4.69, 9.17) is 0 Å². The minimum absolute atomic E-state index is 0.0208. The number of aliphatic carboxylic acids is 1. The number of carboxylic acid groups (broad SMARTS) is 1. The molecular weight excluding hydrogens is 268 g/mol. The lowest BCUT2D eigenvalue weighted by Gasteiger charge is -2.31. The lowest BCUT2D eigenvalue weighted by Crippen LogP contribution is -2.50. The first-order valence-electron chi connectivity index (χ1n) is 7.95. The number of rotatable bonds is 4. The standard InChI is InChI=1S/C16H30N2O3/c1-12(15(2,3)4)18-14(21)17-11-16(13(19)20)9-7-5-6-8-10-16/h12H,5-11H2,1-4H3,(H,19,20)(H2,17,18,21). The second-order valence-electron chi connectivity index (χ2n) is 7.41. The molecule has 1 saturated carbocycles. The molecule has 122 valence electrons. The zero-order valence-electron chi connectivity index (χ0n) is 13.8. The van der Waals surface area contributed by atoms with Gasteiger partial charge in [-0.3, -0.25) is 4.79 Å². The van der Waals surface area contributed by atoms with Crippen LogP contribution >= 0.6 is 0 Å². The normalized spacial score (nSPS) is 20.2. The van der Waals surface area contributed by atoms with Gasteiger partial charge in [0.1, 0.15) is 0 Å². The van der Waals surface area contributed by atoms with Crippen molar-refractivity contribution in [2.45, 2.75) is 72.3 Å². The van der Waals surface area contributed by atoms with Crippen LogP contribution in [-0.4, -0.2) is 29.7 Å². The van der Waals surface area contributed by atoms with Gasteiger partial charge in [-0.2, -0.15) is 0 Å². The molecule has 2 amide bonds. The first-order chi connectivity index (χ1) is 9.67. The fourth-order valence-corrected chi connectivity index (χ4v) is 2.59. The smallest absolute Gasteiger partial charge is 0.315 e. The van der Waals surface area contributed by atoms with Crippen LogP contribution < -0.4 is 10.6 Å². The highest BCUT2D eigenvalue weighted by molar-refractivity contribution is 5.78. The Balaban J connectivity index is 2.57. The zero-order chi connectivity index (χ0) is 16.1. The monoisotopic (exact) mass is 298 g/mol. The lowest BCUT2D eigenvalue weighted by molar-refractivity contribution is -0.149. The van der Waals surface area contributed by atoms with Gasteiger partial charge in [0.05, 0.1) is 5.41 Å². The van der Waals surface area contributed by atoms with Crippen LogP contribution in [0, 0.1) is 10.8 Å². The minimum atomic E-state index is -0.793. The molecule has 5 heteroatoms. The molecule has 3 N–H and O–H groups in total. The number of amides is 2. The van der Waals surface area contributed by atoms with E-state index in [2.05, 4.69) is 31.4 Å². The molecule has 0 aromatic rings. The molecule has 21 heavy (non-hydrogen) atoms. The number of nitrogens with one attached hydrogen (secondary N) is 2. The van der Waals surface area contributed by atoms with Crippen LogP contribution in [-0.2, 0) is 4.79 Å². The van der Waals surface area contributed by atoms with Gasteiger partial charge in [-0.05, 0) is 25.2 Å². The average molecular weight is 298 g/mol. The quantitative estimate of drug-likeness (QED) is 0.698. The van der Waals surface area contributed by atoms with Gasteiger partial charge in [0, 0.05) is 12.6 Å². The lowest BCUT2D eigenvalue weighted by atomic mass is 9.80. The molecule has 0 heterocycles. The van der Waals surface area contributed by atoms with Crippen LogP contribution in [0.2, 0.25) is 0 Å². The molecule has 0 aliphatic heterocycles. The van der Waals surface area contributed by atoms with Gasteiger partial charge < -0.3 is 15.7 Å². The van der Waals surface area contributed by atoms with Crippen LogP contribution in [0.25, 0.3) is 0 Å². The van der Waals surface area contributed by atoms with E-state index in [9.17, 15) is 14.7 Å². The average Bonchev–Trinajstić information content (AvgIpc) is 2.61. The first kappa shape index (κ1) is 17.8. The Hall–Kier alpha value is -1.26. The van der Waals surface area contributed by atoms with Crippen molar-refractivity contribution in [3.8, 4) is 0 Å². The van der Waals surface area contributed by atoms with E-state index in [-0.39, 0.29) is 24.0 Å². The third-order valence-corrected chi connectivity index (χ3v) is 4.75. The Kier molecular flexibility index (Phi) is 6.05. The third-order valence-electron chi connectivity index (χ3n) is 4.75. The summed E-state index contributed by atoms with van der Waals surface area (Å²) >= 11 is 0. The topological polar surface area (TPSA) is 78.4 Å². The molecule has 0 saturated heterocycles. The number of hydrogen-bond donors (Lipinski definition) is 3. The van der Waals surface area contributed by atoms with Crippen LogP contribution in [0.1, 0.15) is 66.2 Å². The van der Waals surface area contributed by atoms with Gasteiger partial charge in [0.15, 0.2) is 0 Å². The molecule has 1 fully saturated rings. The van der Waals surface area contributed by atoms with Crippen LogP contribution in [0.15, 0.2) is 0 Å². The molecule has 0 bridgehead atoms. The summed E-state index contributed by atoms with van der Waals surface area (Å²) in [5.41, 5.74) is -0.817. The molecule has 0 radical (unpaired) electrons. The number of hydrogen-bond acceptors (Lipinski definition) is 2. The summed E-state index contributed by atoms with van der Waals surface area (Å²) in [5, 5.41) is 15.2. The number of carbonyl (C=O) groups is 2. The molecule has 0 aromatic carbocycles. The molecule has 1 aliphatic carbocycles. The minimum Gasteiger partial charge on any atom is -0.481 e. The second-order valence-corrected chi connectivity index (χ2v) is 7.41. The number of carboxylic acids is 1. The first-order valence-corrected chi connectivity index (χ1v) is 7.95. The number of carbonyl (C=O) groups excluding carboxylic acids is 1. The predicted octanol–water partition coefficient (Wildman–Crippen LogP) is 3.15. The van der Waals surface area contributed by atoms with Crippen molar-refractivity contribution in [3.63, 3.8) is 0 Å². The largest absolute Gasteiger partial charge is 0.481 e. The van der Waals surface area contributed by atoms with Crippen LogP contribution in [0.5, 0.6) is 0 Å². The second kappa shape index (κ2) is 7.14. The van der Waals surface area contributed by atoms with Crippen LogP contribution in [0.4, 0.5) is 4.79 Å². The van der Waals surface area contributed by atoms with Gasteiger partial charge in [0.25, 0.3) is 0 Å². The van der Waals surface area contributed by atoms with Crippen molar-refractivity contribution >= 4 is 12.0 Å². The van der Waals surface area contributed by atoms with Crippen molar-refractivity contribution in [2.75, 3.05) is 6.54 Å². The van der Waals surface area contributed by atoms with Crippen molar-refractivity contribution in [1.29, 1.82) is 0 Å². The Labute approximate surface area is 127 Å². The van der Waals surface area contributed by atoms with Gasteiger partial charge >= 0.3 is 12.0 Å². The molecule has 0 spiro atoms. The summed E-state index contributed by atoms with van der Waals surface area (Å²) in [6.45, 7) is 8.34. The van der Waals surface area contributed by atoms with Crippen molar-refractivity contribution in [2.24, 2.45) is 10.8 Å². The van der Waals surface area contributed by atoms with Crippen molar-refractivity contribution in [1.82, 2.24) is 10.6 Å². The maximum absolute atomic E-state index is 12.0. The molecule has 1 atom stereocenters. The maximum atomic E-state index is 12.0. The van der Waals surface area contributed by atoms with E-state index in [0.717, 1.165) is 25.7 Å². The summed E-state index contributed by atoms with van der Waals surface area (Å²) < 4.78 is 0. The summed E-state index contributed by atoms with van der Waals surface area (Å²) in [6.07, 6.45) is 5.32. The summed E-state index contributed by atoms with van der Waals surface area (Å²) in [5.74, 6) is -0.784. The van der Waals surface area contributed by atoms with E-state index in [0.29, 0.717) is 12.8 Å². The van der Waals surface area contributed by atoms with E-state index in [1.165, 1.54) is 0 Å². The Morgan fingerprint density at radius 1 is 1.14 bits per heavy atom. The molecule has 5 nitrogen and oxygen atoms in total. The predicted molar refractivity (Wildman–Crippen MR) is 83.2 cm³/mol. The molecule has 1 rings (SSSR count). The fraction of sp³-hybridized carbons (Fsp3) is 0.875. The van der Waals surface area contributed by atoms with E-state index >= 15 is 0 Å². The molecule has 1 aliphatic rings. The summed E-state index contributed by atoms with van der Waals surface area (Å²) in [4.78, 5) is 23.6. The Bertz CT molecular complexity index is 366. The van der Waals surface area contributed by atoms with Gasteiger partial charge in [-0.1, -0.05) is 46.5 Å². The highest BCUT2D eigenvalue weighted by Crippen LogP contribution is 2.34. The van der Waals surface area contributed by atoms with Gasteiger partial charge in [-0.15, -0.1) is 0 Å². The zero-order valence-corrected chi connectivity index (χ0v) is 13.8. The van der Waals surface area contributed by atoms with E-state index in [1.807, 2.05) is 6.92 Å². The van der Waals surface area contributed by atoms with Gasteiger partial charge in [-0.25, -0.2) is 4.79 Å². The molecule has 0 aromatic heterocycles. The van der Waals surface area contributed by atoms with Crippen molar-refractivity contribution in [3.05, 3.63) is 0 Å². The number of urea groups is 1. The van der Waals surface area contributed by atoms with Crippen LogP contribution in [0.3, 0.4) is 0 Å². The Morgan fingerprint density at radius 3 is 2.10 bits per heavy atom. The molecule has 1 unspecified atom stereocenters. The van der Waals surface area contributed by atoms with Gasteiger partial charge in [0.2, 0.25) is 0 Å². The fourth-order valence-electron chi connectivity index (χ4n) is 2.59. The SMILES string of the molecule is CC(NC(=O)NCC1(C(=O)O)CCCCCC1)C(C)(C)C. The van der Waals surface area contributed by atoms with E-state index in [1.54, 1.807) is 0 Å². The highest BCUT2D eigenvalue weighted by Gasteiger charge is 2.39. The molecular formula is C16H30N2O3. The summed E-state index contributed by atoms with van der Waals surface area (Å²) in [6, 6.07) is -0.255. The summed E-state index contributed by atoms with van der Waals surface area (Å²) in [7, 11) is 0. The third kappa shape index (κ3) is 5.21. The van der Waals surface area contributed by atoms with Crippen molar-refractivity contribution < 1.29 is 14.7 Å².